The van der Waals surface area contributed by atoms with Gasteiger partial charge in [-0.3, -0.25) is 4.90 Å². The molecule has 0 spiro atoms. The molecule has 0 atom stereocenters. The lowest BCUT2D eigenvalue weighted by Gasteiger charge is -2.18. The van der Waals surface area contributed by atoms with Crippen LogP contribution in [0.1, 0.15) is 5.56 Å². The van der Waals surface area contributed by atoms with Crippen LogP contribution in [-0.2, 0) is 6.54 Å². The standard InChI is InChI=1S/C15H17BrClN3O2/c1-20(6-7-22-15-5-3-4-14(17)19-15)10-11-8-13(16)18-9-12(11)21-2/h3-5,8-9H,6-7,10H2,1-2H3. The van der Waals surface area contributed by atoms with Crippen LogP contribution >= 0.6 is 27.5 Å². The zero-order valence-corrected chi connectivity index (χ0v) is 14.8. The van der Waals surface area contributed by atoms with Gasteiger partial charge in [0.2, 0.25) is 5.88 Å². The second-order valence-corrected chi connectivity index (χ2v) is 5.90. The van der Waals surface area contributed by atoms with Crippen molar-refractivity contribution in [2.24, 2.45) is 0 Å². The van der Waals surface area contributed by atoms with Crippen molar-refractivity contribution in [2.45, 2.75) is 6.54 Å². The average molecular weight is 387 g/mol. The molecule has 2 aromatic heterocycles. The third kappa shape index (κ3) is 5.12. The second kappa shape index (κ2) is 8.31. The topological polar surface area (TPSA) is 47.5 Å². The molecule has 0 aliphatic heterocycles. The molecular formula is C15H17BrClN3O2. The van der Waals surface area contributed by atoms with Crippen molar-refractivity contribution in [3.8, 4) is 11.6 Å². The Balaban J connectivity index is 1.85. The lowest BCUT2D eigenvalue weighted by atomic mass is 10.2. The average Bonchev–Trinajstić information content (AvgIpc) is 2.47. The maximum absolute atomic E-state index is 5.82. The van der Waals surface area contributed by atoms with Crippen LogP contribution in [0.5, 0.6) is 11.6 Å². The molecular weight excluding hydrogens is 370 g/mol. The van der Waals surface area contributed by atoms with E-state index >= 15 is 0 Å². The van der Waals surface area contributed by atoms with E-state index in [4.69, 9.17) is 21.1 Å². The predicted molar refractivity (Wildman–Crippen MR) is 89.6 cm³/mol. The molecule has 22 heavy (non-hydrogen) atoms. The van der Waals surface area contributed by atoms with Crippen LogP contribution in [0, 0.1) is 0 Å². The molecule has 0 aliphatic carbocycles. The smallest absolute Gasteiger partial charge is 0.214 e. The first-order valence-corrected chi connectivity index (χ1v) is 7.88. The lowest BCUT2D eigenvalue weighted by Crippen LogP contribution is -2.24. The lowest BCUT2D eigenvalue weighted by molar-refractivity contribution is 0.225. The molecule has 2 aromatic rings. The first kappa shape index (κ1) is 17.0. The van der Waals surface area contributed by atoms with Gasteiger partial charge in [0.05, 0.1) is 13.3 Å². The van der Waals surface area contributed by atoms with Gasteiger partial charge in [0.15, 0.2) is 0 Å². The van der Waals surface area contributed by atoms with E-state index in [0.29, 0.717) is 17.6 Å². The van der Waals surface area contributed by atoms with Crippen LogP contribution in [0.2, 0.25) is 5.15 Å². The van der Waals surface area contributed by atoms with Gasteiger partial charge in [-0.1, -0.05) is 17.7 Å². The van der Waals surface area contributed by atoms with Crippen LogP contribution in [0.3, 0.4) is 0 Å². The summed E-state index contributed by atoms with van der Waals surface area (Å²) < 4.78 is 11.7. The van der Waals surface area contributed by atoms with E-state index in [2.05, 4.69) is 30.8 Å². The minimum Gasteiger partial charge on any atom is -0.495 e. The van der Waals surface area contributed by atoms with Crippen LogP contribution in [0.25, 0.3) is 0 Å². The Bertz CT molecular complexity index is 627. The fourth-order valence-electron chi connectivity index (χ4n) is 1.91. The summed E-state index contributed by atoms with van der Waals surface area (Å²) in [6.45, 7) is 2.01. The van der Waals surface area contributed by atoms with Gasteiger partial charge in [-0.05, 0) is 35.1 Å². The summed E-state index contributed by atoms with van der Waals surface area (Å²) in [4.78, 5) is 10.4. The molecule has 0 aliphatic rings. The van der Waals surface area contributed by atoms with Crippen molar-refractivity contribution in [2.75, 3.05) is 27.3 Å². The van der Waals surface area contributed by atoms with Crippen molar-refractivity contribution < 1.29 is 9.47 Å². The van der Waals surface area contributed by atoms with Gasteiger partial charge in [-0.15, -0.1) is 0 Å². The molecule has 0 saturated carbocycles. The Hall–Kier alpha value is -1.37. The summed E-state index contributed by atoms with van der Waals surface area (Å²) in [6.07, 6.45) is 1.71. The Kier molecular flexibility index (Phi) is 6.42. The Labute approximate surface area is 143 Å². The van der Waals surface area contributed by atoms with Crippen LogP contribution in [0.4, 0.5) is 0 Å². The molecule has 0 amide bonds. The van der Waals surface area contributed by atoms with Gasteiger partial charge in [0.1, 0.15) is 22.1 Å². The number of methoxy groups -OCH3 is 1. The highest BCUT2D eigenvalue weighted by molar-refractivity contribution is 9.10. The van der Waals surface area contributed by atoms with Crippen molar-refractivity contribution in [1.82, 2.24) is 14.9 Å². The molecule has 0 aromatic carbocycles. The maximum atomic E-state index is 5.82. The summed E-state index contributed by atoms with van der Waals surface area (Å²) in [5, 5.41) is 0.428. The quantitative estimate of drug-likeness (QED) is 0.683. The molecule has 118 valence electrons. The van der Waals surface area contributed by atoms with E-state index in [0.717, 1.165) is 29.0 Å². The minimum absolute atomic E-state index is 0.428. The van der Waals surface area contributed by atoms with E-state index < -0.39 is 0 Å². The highest BCUT2D eigenvalue weighted by atomic mass is 79.9. The molecule has 2 rings (SSSR count). The van der Waals surface area contributed by atoms with Crippen LogP contribution in [0.15, 0.2) is 35.1 Å². The molecule has 2 heterocycles. The van der Waals surface area contributed by atoms with Gasteiger partial charge in [-0.2, -0.15) is 0 Å². The molecule has 0 fully saturated rings. The number of ether oxygens (including phenoxy) is 2. The highest BCUT2D eigenvalue weighted by Crippen LogP contribution is 2.21. The third-order valence-electron chi connectivity index (χ3n) is 2.99. The number of likely N-dealkylation sites (N-methyl/N-ethyl adjacent to an activating group) is 1. The van der Waals surface area contributed by atoms with Gasteiger partial charge < -0.3 is 9.47 Å². The number of halogens is 2. The summed E-state index contributed by atoms with van der Waals surface area (Å²) in [5.74, 6) is 1.30. The summed E-state index contributed by atoms with van der Waals surface area (Å²) >= 11 is 9.19. The van der Waals surface area contributed by atoms with Crippen molar-refractivity contribution >= 4 is 27.5 Å². The zero-order valence-electron chi connectivity index (χ0n) is 12.4. The first-order valence-electron chi connectivity index (χ1n) is 6.71. The molecule has 5 nitrogen and oxygen atoms in total. The molecule has 0 bridgehead atoms. The number of nitrogens with zero attached hydrogens (tertiary/aromatic N) is 3. The van der Waals surface area contributed by atoms with E-state index in [1.54, 1.807) is 25.4 Å². The number of hydrogen-bond donors (Lipinski definition) is 0. The molecule has 0 radical (unpaired) electrons. The van der Waals surface area contributed by atoms with Crippen molar-refractivity contribution in [3.05, 3.63) is 45.8 Å². The third-order valence-corrected chi connectivity index (χ3v) is 3.63. The first-order chi connectivity index (χ1) is 10.6. The van der Waals surface area contributed by atoms with Crippen LogP contribution in [-0.4, -0.2) is 42.2 Å². The number of rotatable bonds is 7. The van der Waals surface area contributed by atoms with E-state index in [1.807, 2.05) is 19.2 Å². The van der Waals surface area contributed by atoms with Crippen molar-refractivity contribution in [3.63, 3.8) is 0 Å². The molecule has 7 heteroatoms. The van der Waals surface area contributed by atoms with E-state index in [-0.39, 0.29) is 0 Å². The monoisotopic (exact) mass is 385 g/mol. The molecule has 0 saturated heterocycles. The van der Waals surface area contributed by atoms with E-state index in [1.165, 1.54) is 0 Å². The fourth-order valence-corrected chi connectivity index (χ4v) is 2.44. The minimum atomic E-state index is 0.428. The number of pyridine rings is 2. The molecule has 0 N–H and O–H groups in total. The predicted octanol–water partition coefficient (Wildman–Crippen LogP) is 3.41. The van der Waals surface area contributed by atoms with E-state index in [9.17, 15) is 0 Å². The Morgan fingerprint density at radius 1 is 1.36 bits per heavy atom. The second-order valence-electron chi connectivity index (χ2n) is 4.70. The summed E-state index contributed by atoms with van der Waals surface area (Å²) in [6, 6.07) is 7.27. The van der Waals surface area contributed by atoms with Crippen molar-refractivity contribution in [1.29, 1.82) is 0 Å². The Morgan fingerprint density at radius 3 is 2.91 bits per heavy atom. The largest absolute Gasteiger partial charge is 0.495 e. The Morgan fingerprint density at radius 2 is 2.18 bits per heavy atom. The number of hydrogen-bond acceptors (Lipinski definition) is 5. The van der Waals surface area contributed by atoms with Gasteiger partial charge >= 0.3 is 0 Å². The van der Waals surface area contributed by atoms with Gasteiger partial charge in [0.25, 0.3) is 0 Å². The SMILES string of the molecule is COc1cnc(Br)cc1CN(C)CCOc1cccc(Cl)n1. The van der Waals surface area contributed by atoms with Gasteiger partial charge in [-0.25, -0.2) is 9.97 Å². The summed E-state index contributed by atoms with van der Waals surface area (Å²) in [7, 11) is 3.66. The fraction of sp³-hybridized carbons (Fsp3) is 0.333. The maximum Gasteiger partial charge on any atom is 0.214 e. The zero-order chi connectivity index (χ0) is 15.9. The van der Waals surface area contributed by atoms with Crippen LogP contribution < -0.4 is 9.47 Å². The normalized spacial score (nSPS) is 10.8. The molecule has 0 unspecified atom stereocenters. The number of aromatic nitrogens is 2. The summed E-state index contributed by atoms with van der Waals surface area (Å²) in [5.41, 5.74) is 1.06. The van der Waals surface area contributed by atoms with Gasteiger partial charge in [0, 0.05) is 24.7 Å². The highest BCUT2D eigenvalue weighted by Gasteiger charge is 2.08.